The van der Waals surface area contributed by atoms with Crippen LogP contribution in [0.3, 0.4) is 0 Å². The first-order valence-electron chi connectivity index (χ1n) is 19.1. The molecular weight excluding hydrogens is 731 g/mol. The molecule has 2 N–H and O–H groups in total. The number of methoxy groups -OCH3 is 2. The largest absolute Gasteiger partial charge is 0.496 e. The summed E-state index contributed by atoms with van der Waals surface area (Å²) in [6, 6.07) is 1.46. The molecule has 3 aliphatic heterocycles. The van der Waals surface area contributed by atoms with Crippen molar-refractivity contribution < 1.29 is 46.5 Å². The molecule has 2 aliphatic carbocycles. The van der Waals surface area contributed by atoms with E-state index in [2.05, 4.69) is 15.0 Å². The van der Waals surface area contributed by atoms with E-state index in [-0.39, 0.29) is 37.3 Å². The summed E-state index contributed by atoms with van der Waals surface area (Å²) in [5.41, 5.74) is 1.29. The Morgan fingerprint density at radius 2 is 1.82 bits per heavy atom. The molecule has 4 heterocycles. The van der Waals surface area contributed by atoms with E-state index < -0.39 is 63.4 Å². The number of benzene rings is 1. The quantitative estimate of drug-likeness (QED) is 0.411. The van der Waals surface area contributed by atoms with Gasteiger partial charge in [-0.05, 0) is 62.8 Å². The summed E-state index contributed by atoms with van der Waals surface area (Å²) in [6.45, 7) is 1.99. The van der Waals surface area contributed by atoms with Crippen LogP contribution in [0, 0.1) is 11.8 Å². The number of pyridine rings is 1. The van der Waals surface area contributed by atoms with Crippen LogP contribution in [0.5, 0.6) is 17.4 Å². The van der Waals surface area contributed by atoms with Gasteiger partial charge in [-0.2, -0.15) is 0 Å². The molecule has 5 amide bonds. The van der Waals surface area contributed by atoms with Crippen LogP contribution >= 0.6 is 0 Å². The summed E-state index contributed by atoms with van der Waals surface area (Å²) >= 11 is 0. The Morgan fingerprint density at radius 1 is 1.00 bits per heavy atom. The molecule has 296 valence electrons. The lowest BCUT2D eigenvalue weighted by Gasteiger charge is -2.31. The lowest BCUT2D eigenvalue weighted by atomic mass is 10.0. The normalized spacial score (nSPS) is 29.0. The number of carbonyl (C=O) groups is 4. The number of hydrogen-bond donors (Lipinski definition) is 2. The number of ether oxygens (including phenoxy) is 4. The Kier molecular flexibility index (Phi) is 11.2. The summed E-state index contributed by atoms with van der Waals surface area (Å²) < 4.78 is 51.5. The highest BCUT2D eigenvalue weighted by molar-refractivity contribution is 7.90. The van der Waals surface area contributed by atoms with Crippen LogP contribution in [-0.4, -0.2) is 104 Å². The maximum atomic E-state index is 14.8. The molecule has 0 spiro atoms. The van der Waals surface area contributed by atoms with Crippen molar-refractivity contribution >= 4 is 50.9 Å². The Bertz CT molecular complexity index is 2000. The monoisotopic (exact) mass is 779 g/mol. The molecule has 2 aromatic rings. The first-order valence-corrected chi connectivity index (χ1v) is 20.7. The fourth-order valence-electron chi connectivity index (χ4n) is 7.59. The Balaban J connectivity index is 1.30. The molecule has 16 heteroatoms. The highest BCUT2D eigenvalue weighted by atomic mass is 32.2. The van der Waals surface area contributed by atoms with E-state index in [1.807, 2.05) is 37.3 Å². The van der Waals surface area contributed by atoms with Gasteiger partial charge in [-0.3, -0.25) is 14.5 Å². The third-order valence-corrected chi connectivity index (χ3v) is 12.7. The number of nitrogens with one attached hydrogen (secondary N) is 2. The molecule has 7 rings (SSSR count). The van der Waals surface area contributed by atoms with Gasteiger partial charge in [0.2, 0.25) is 21.8 Å². The minimum atomic E-state index is -3.99. The van der Waals surface area contributed by atoms with Gasteiger partial charge in [0.25, 0.3) is 5.91 Å². The van der Waals surface area contributed by atoms with Crippen LogP contribution < -0.4 is 24.2 Å². The molecule has 5 bridgehead atoms. The molecule has 5 aliphatic rings. The molecule has 6 atom stereocenters. The van der Waals surface area contributed by atoms with Gasteiger partial charge in [-0.25, -0.2) is 27.7 Å². The second kappa shape index (κ2) is 16.1. The maximum absolute atomic E-state index is 14.8. The van der Waals surface area contributed by atoms with Gasteiger partial charge in [-0.1, -0.05) is 44.1 Å². The number of urea groups is 1. The molecule has 3 fully saturated rings. The zero-order valence-corrected chi connectivity index (χ0v) is 32.2. The smallest absolute Gasteiger partial charge is 0.407 e. The van der Waals surface area contributed by atoms with E-state index in [1.165, 1.54) is 12.0 Å². The minimum absolute atomic E-state index is 0.0132. The summed E-state index contributed by atoms with van der Waals surface area (Å²) in [5.74, 6) is -0.190. The number of sulfonamides is 1. The van der Waals surface area contributed by atoms with Crippen molar-refractivity contribution in [3.8, 4) is 17.4 Å². The third-order valence-electron chi connectivity index (χ3n) is 10.9. The number of allylic oxidation sites excluding steroid dienone is 2. The molecule has 15 nitrogen and oxygen atoms in total. The number of hydrogen-bond acceptors (Lipinski definition) is 11. The average molecular weight is 780 g/mol. The van der Waals surface area contributed by atoms with E-state index in [1.54, 1.807) is 19.2 Å². The molecule has 1 saturated heterocycles. The predicted molar refractivity (Wildman–Crippen MR) is 202 cm³/mol. The van der Waals surface area contributed by atoms with Crippen LogP contribution in [0.1, 0.15) is 76.7 Å². The first kappa shape index (κ1) is 38.4. The van der Waals surface area contributed by atoms with Gasteiger partial charge in [0, 0.05) is 35.5 Å². The number of cyclic esters (lactones) is 1. The third kappa shape index (κ3) is 8.68. The second-order valence-corrected chi connectivity index (χ2v) is 17.1. The standard InChI is InChI=1S/C39H49N5O10S/c1-23-10-9-12-25-16-28-30(19-33(25)51-2)40-35(52-3)20-34(28)54-26-18-32-37(46)44(38(47)42-55(49,50)27-14-15-27)31-17-24(31)11-7-5-4-6-8-13-29(36(45)43(32)21-26)41-39(48)53-22-23/h7,9,11-12,16,19-20,23-24,26-27,29,31-32H,4-6,8,10,13-15,17-18,21-22H2,1-3H3,(H,41,48)(H,42,47)/b11-7-,12-9+/t23-,24-,26+,29-,31?,32-/m0/s1. The Morgan fingerprint density at radius 3 is 2.58 bits per heavy atom. The second-order valence-electron chi connectivity index (χ2n) is 15.2. The van der Waals surface area contributed by atoms with E-state index in [4.69, 9.17) is 18.9 Å². The molecule has 55 heavy (non-hydrogen) atoms. The van der Waals surface area contributed by atoms with Crippen molar-refractivity contribution in [1.29, 1.82) is 0 Å². The van der Waals surface area contributed by atoms with Crippen LogP contribution in [0.15, 0.2) is 36.4 Å². The number of carbonyl (C=O) groups excluding carboxylic acids is 4. The lowest BCUT2D eigenvalue weighted by molar-refractivity contribution is -0.143. The molecular formula is C39H49N5O10S. The van der Waals surface area contributed by atoms with Gasteiger partial charge >= 0.3 is 12.1 Å². The number of nitrogens with zero attached hydrogens (tertiary/aromatic N) is 3. The Labute approximate surface area is 320 Å². The van der Waals surface area contributed by atoms with E-state index >= 15 is 0 Å². The van der Waals surface area contributed by atoms with E-state index in [0.717, 1.165) is 29.7 Å². The fraction of sp³-hybridized carbons (Fsp3) is 0.564. The number of rotatable bonds is 4. The molecule has 1 aromatic carbocycles. The van der Waals surface area contributed by atoms with Crippen molar-refractivity contribution in [2.75, 3.05) is 27.4 Å². The van der Waals surface area contributed by atoms with E-state index in [0.29, 0.717) is 60.9 Å². The number of aromatic nitrogens is 1. The van der Waals surface area contributed by atoms with Gasteiger partial charge in [0.1, 0.15) is 29.7 Å². The van der Waals surface area contributed by atoms with Crippen molar-refractivity contribution in [2.45, 2.75) is 101 Å². The highest BCUT2D eigenvalue weighted by Gasteiger charge is 2.52. The maximum Gasteiger partial charge on any atom is 0.407 e. The van der Waals surface area contributed by atoms with Crippen molar-refractivity contribution in [3.05, 3.63) is 42.0 Å². The minimum Gasteiger partial charge on any atom is -0.496 e. The number of fused-ring (bicyclic) bond motifs is 4. The predicted octanol–water partition coefficient (Wildman–Crippen LogP) is 4.69. The average Bonchev–Trinajstić information content (AvgIpc) is 4.10. The van der Waals surface area contributed by atoms with Gasteiger partial charge in [0.15, 0.2) is 0 Å². The summed E-state index contributed by atoms with van der Waals surface area (Å²) in [4.78, 5) is 63.5. The fourth-order valence-corrected chi connectivity index (χ4v) is 8.86. The Hall–Kier alpha value is -4.86. The molecule has 1 aromatic heterocycles. The topological polar surface area (TPSA) is 183 Å². The van der Waals surface area contributed by atoms with Gasteiger partial charge in [0.05, 0.1) is 38.1 Å². The summed E-state index contributed by atoms with van der Waals surface area (Å²) in [5, 5.41) is 2.73. The summed E-state index contributed by atoms with van der Waals surface area (Å²) in [7, 11) is -0.938. The van der Waals surface area contributed by atoms with E-state index in [9.17, 15) is 27.6 Å². The van der Waals surface area contributed by atoms with Gasteiger partial charge < -0.3 is 29.2 Å². The summed E-state index contributed by atoms with van der Waals surface area (Å²) in [6.07, 6.45) is 11.6. The molecule has 2 saturated carbocycles. The SMILES string of the molecule is COc1cc2c3cc(c(OC)cc3n1)/C=C/C[C@H](C)COC(=O)N[C@H]1CCCCC/C=C\[C@H]3CC3N(C(=O)NS(=O)(=O)C3CC3)C(=O)[C@@H]3C[C@H](CN3C1=O)O2. The zero-order chi connectivity index (χ0) is 38.9. The number of imide groups is 1. The number of amides is 5. The van der Waals surface area contributed by atoms with Crippen molar-refractivity contribution in [3.63, 3.8) is 0 Å². The van der Waals surface area contributed by atoms with Crippen molar-refractivity contribution in [1.82, 2.24) is 24.8 Å². The van der Waals surface area contributed by atoms with Crippen molar-refractivity contribution in [2.24, 2.45) is 11.8 Å². The zero-order valence-electron chi connectivity index (χ0n) is 31.4. The van der Waals surface area contributed by atoms with Crippen LogP contribution in [-0.2, 0) is 24.3 Å². The molecule has 1 unspecified atom stereocenters. The van der Waals surface area contributed by atoms with Gasteiger partial charge in [-0.15, -0.1) is 0 Å². The lowest BCUT2D eigenvalue weighted by Crippen LogP contribution is -2.57. The van der Waals surface area contributed by atoms with Crippen LogP contribution in [0.4, 0.5) is 9.59 Å². The first-order chi connectivity index (χ1) is 26.4. The number of alkyl carbamates (subject to hydrolysis) is 1. The van der Waals surface area contributed by atoms with Crippen LogP contribution in [0.25, 0.3) is 17.0 Å². The molecule has 0 radical (unpaired) electrons. The highest BCUT2D eigenvalue weighted by Crippen LogP contribution is 2.41. The van der Waals surface area contributed by atoms with Crippen LogP contribution in [0.2, 0.25) is 0 Å².